The van der Waals surface area contributed by atoms with Crippen molar-refractivity contribution in [1.29, 1.82) is 0 Å². The average Bonchev–Trinajstić information content (AvgIpc) is 2.50. The van der Waals surface area contributed by atoms with E-state index in [1.54, 1.807) is 4.68 Å². The summed E-state index contributed by atoms with van der Waals surface area (Å²) < 4.78 is 6.11. The number of rotatable bonds is 3. The van der Waals surface area contributed by atoms with E-state index in [0.29, 0.717) is 5.92 Å². The first-order chi connectivity index (χ1) is 6.13. The molecule has 0 amide bonds. The second-order valence-corrected chi connectivity index (χ2v) is 3.18. The van der Waals surface area contributed by atoms with Gasteiger partial charge in [-0.25, -0.2) is 9.78 Å². The molecule has 0 N–H and O–H groups in total. The molecule has 1 heterocycles. The SMILES string of the molecule is COC(=O)c1ncn(CC(C)C)n1. The number of hydrogen-bond donors (Lipinski definition) is 0. The first kappa shape index (κ1) is 9.70. The molecule has 5 heteroatoms. The van der Waals surface area contributed by atoms with Gasteiger partial charge in [-0.15, -0.1) is 5.10 Å². The number of carbonyl (C=O) groups excluding carboxylic acids is 1. The van der Waals surface area contributed by atoms with E-state index in [9.17, 15) is 4.79 Å². The van der Waals surface area contributed by atoms with Crippen LogP contribution < -0.4 is 0 Å². The highest BCUT2D eigenvalue weighted by Crippen LogP contribution is 1.98. The van der Waals surface area contributed by atoms with Gasteiger partial charge in [-0.05, 0) is 5.92 Å². The molecule has 1 aromatic heterocycles. The van der Waals surface area contributed by atoms with Crippen LogP contribution in [-0.2, 0) is 11.3 Å². The number of ether oxygens (including phenoxy) is 1. The number of esters is 1. The zero-order chi connectivity index (χ0) is 9.84. The van der Waals surface area contributed by atoms with Crippen molar-refractivity contribution in [3.8, 4) is 0 Å². The van der Waals surface area contributed by atoms with Gasteiger partial charge in [-0.1, -0.05) is 13.8 Å². The minimum absolute atomic E-state index is 0.114. The van der Waals surface area contributed by atoms with Gasteiger partial charge >= 0.3 is 5.97 Å². The van der Waals surface area contributed by atoms with Crippen LogP contribution in [0, 0.1) is 5.92 Å². The zero-order valence-electron chi connectivity index (χ0n) is 8.02. The Bertz CT molecular complexity index is 293. The molecular weight excluding hydrogens is 170 g/mol. The lowest BCUT2D eigenvalue weighted by Gasteiger charge is -2.01. The van der Waals surface area contributed by atoms with Gasteiger partial charge in [0.15, 0.2) is 0 Å². The first-order valence-electron chi connectivity index (χ1n) is 4.11. The molecule has 72 valence electrons. The molecule has 0 unspecified atom stereocenters. The maximum atomic E-state index is 11.0. The molecule has 0 saturated carbocycles. The Labute approximate surface area is 76.7 Å². The Kier molecular flexibility index (Phi) is 3.00. The Balaban J connectivity index is 2.69. The third-order valence-corrected chi connectivity index (χ3v) is 1.46. The van der Waals surface area contributed by atoms with Crippen LogP contribution in [0.25, 0.3) is 0 Å². The smallest absolute Gasteiger partial charge is 0.377 e. The second kappa shape index (κ2) is 4.02. The molecule has 0 saturated heterocycles. The van der Waals surface area contributed by atoms with Crippen molar-refractivity contribution in [3.63, 3.8) is 0 Å². The van der Waals surface area contributed by atoms with Crippen molar-refractivity contribution >= 4 is 5.97 Å². The van der Waals surface area contributed by atoms with Crippen molar-refractivity contribution < 1.29 is 9.53 Å². The standard InChI is InChI=1S/C8H13N3O2/c1-6(2)4-11-5-9-7(10-11)8(12)13-3/h5-6H,4H2,1-3H3. The van der Waals surface area contributed by atoms with Crippen LogP contribution in [0.3, 0.4) is 0 Å². The van der Waals surface area contributed by atoms with E-state index >= 15 is 0 Å². The number of carbonyl (C=O) groups is 1. The van der Waals surface area contributed by atoms with Gasteiger partial charge in [0.25, 0.3) is 5.82 Å². The summed E-state index contributed by atoms with van der Waals surface area (Å²) in [5.41, 5.74) is 0. The number of hydrogen-bond acceptors (Lipinski definition) is 4. The fourth-order valence-electron chi connectivity index (χ4n) is 0.942. The van der Waals surface area contributed by atoms with Crippen molar-refractivity contribution in [3.05, 3.63) is 12.2 Å². The molecule has 0 fully saturated rings. The summed E-state index contributed by atoms with van der Waals surface area (Å²) in [7, 11) is 1.31. The molecule has 0 aliphatic rings. The largest absolute Gasteiger partial charge is 0.463 e. The minimum atomic E-state index is -0.498. The molecule has 0 bridgehead atoms. The number of methoxy groups -OCH3 is 1. The van der Waals surface area contributed by atoms with Gasteiger partial charge in [0.2, 0.25) is 0 Å². The first-order valence-corrected chi connectivity index (χ1v) is 4.11. The van der Waals surface area contributed by atoms with Gasteiger partial charge in [0.1, 0.15) is 6.33 Å². The molecule has 5 nitrogen and oxygen atoms in total. The monoisotopic (exact) mass is 183 g/mol. The summed E-state index contributed by atoms with van der Waals surface area (Å²) in [5.74, 6) is 0.0952. The normalized spacial score (nSPS) is 10.5. The van der Waals surface area contributed by atoms with Crippen LogP contribution in [-0.4, -0.2) is 27.8 Å². The van der Waals surface area contributed by atoms with E-state index in [0.717, 1.165) is 6.54 Å². The van der Waals surface area contributed by atoms with E-state index in [1.807, 2.05) is 0 Å². The zero-order valence-corrected chi connectivity index (χ0v) is 8.02. The molecule has 0 atom stereocenters. The predicted molar refractivity (Wildman–Crippen MR) is 46.2 cm³/mol. The maximum absolute atomic E-state index is 11.0. The molecule has 1 aromatic rings. The van der Waals surface area contributed by atoms with E-state index in [2.05, 4.69) is 28.7 Å². The van der Waals surface area contributed by atoms with E-state index in [1.165, 1.54) is 13.4 Å². The van der Waals surface area contributed by atoms with Crippen LogP contribution in [0.15, 0.2) is 6.33 Å². The molecule has 0 radical (unpaired) electrons. The lowest BCUT2D eigenvalue weighted by molar-refractivity contribution is 0.0586. The quantitative estimate of drug-likeness (QED) is 0.648. The molecule has 1 rings (SSSR count). The van der Waals surface area contributed by atoms with Crippen molar-refractivity contribution in [2.75, 3.05) is 7.11 Å². The Morgan fingerprint density at radius 3 is 2.92 bits per heavy atom. The van der Waals surface area contributed by atoms with Crippen LogP contribution >= 0.6 is 0 Å². The predicted octanol–water partition coefficient (Wildman–Crippen LogP) is 0.721. The highest BCUT2D eigenvalue weighted by molar-refractivity contribution is 5.84. The van der Waals surface area contributed by atoms with Crippen molar-refractivity contribution in [1.82, 2.24) is 14.8 Å². The third kappa shape index (κ3) is 2.54. The second-order valence-electron chi connectivity index (χ2n) is 3.18. The van der Waals surface area contributed by atoms with Crippen molar-refractivity contribution in [2.45, 2.75) is 20.4 Å². The third-order valence-electron chi connectivity index (χ3n) is 1.46. The van der Waals surface area contributed by atoms with Crippen LogP contribution in [0.4, 0.5) is 0 Å². The van der Waals surface area contributed by atoms with Gasteiger partial charge in [0.05, 0.1) is 7.11 Å². The Morgan fingerprint density at radius 2 is 2.38 bits per heavy atom. The Morgan fingerprint density at radius 1 is 1.69 bits per heavy atom. The molecule has 0 aliphatic heterocycles. The van der Waals surface area contributed by atoms with Gasteiger partial charge < -0.3 is 4.74 Å². The van der Waals surface area contributed by atoms with Gasteiger partial charge in [-0.3, -0.25) is 4.68 Å². The highest BCUT2D eigenvalue weighted by atomic mass is 16.5. The fourth-order valence-corrected chi connectivity index (χ4v) is 0.942. The summed E-state index contributed by atoms with van der Waals surface area (Å²) in [6, 6.07) is 0. The Hall–Kier alpha value is -1.39. The average molecular weight is 183 g/mol. The summed E-state index contributed by atoms with van der Waals surface area (Å²) in [6.07, 6.45) is 1.53. The van der Waals surface area contributed by atoms with E-state index in [-0.39, 0.29) is 5.82 Å². The van der Waals surface area contributed by atoms with E-state index < -0.39 is 5.97 Å². The summed E-state index contributed by atoms with van der Waals surface area (Å²) in [6.45, 7) is 4.89. The number of nitrogens with zero attached hydrogens (tertiary/aromatic N) is 3. The lowest BCUT2D eigenvalue weighted by atomic mass is 10.2. The van der Waals surface area contributed by atoms with Gasteiger partial charge in [0, 0.05) is 6.54 Å². The molecule has 0 aromatic carbocycles. The van der Waals surface area contributed by atoms with Crippen LogP contribution in [0.5, 0.6) is 0 Å². The summed E-state index contributed by atoms with van der Waals surface area (Å²) >= 11 is 0. The van der Waals surface area contributed by atoms with Crippen LogP contribution in [0.1, 0.15) is 24.5 Å². The lowest BCUT2D eigenvalue weighted by Crippen LogP contribution is -2.08. The summed E-state index contributed by atoms with van der Waals surface area (Å²) in [5, 5.41) is 3.95. The van der Waals surface area contributed by atoms with Crippen LogP contribution in [0.2, 0.25) is 0 Å². The van der Waals surface area contributed by atoms with Gasteiger partial charge in [-0.2, -0.15) is 0 Å². The van der Waals surface area contributed by atoms with Crippen molar-refractivity contribution in [2.24, 2.45) is 5.92 Å². The fraction of sp³-hybridized carbons (Fsp3) is 0.625. The number of aromatic nitrogens is 3. The van der Waals surface area contributed by atoms with E-state index in [4.69, 9.17) is 0 Å². The topological polar surface area (TPSA) is 57.0 Å². The molecule has 0 spiro atoms. The minimum Gasteiger partial charge on any atom is -0.463 e. The molecule has 0 aliphatic carbocycles. The maximum Gasteiger partial charge on any atom is 0.377 e. The molecule has 13 heavy (non-hydrogen) atoms. The highest BCUT2D eigenvalue weighted by Gasteiger charge is 2.11. The summed E-state index contributed by atoms with van der Waals surface area (Å²) in [4.78, 5) is 14.8. The molecular formula is C8H13N3O2.